The van der Waals surface area contributed by atoms with E-state index in [9.17, 15) is 19.2 Å². The van der Waals surface area contributed by atoms with Gasteiger partial charge in [0.1, 0.15) is 36.1 Å². The Bertz CT molecular complexity index is 2560. The predicted molar refractivity (Wildman–Crippen MR) is 238 cm³/mol. The summed E-state index contributed by atoms with van der Waals surface area (Å²) in [6, 6.07) is 12.8. The SMILES string of the molecule is COC(=O)N[C@H](C(=O)N1[C@@H](C)CC[C@H]1c1ncc(-c2ccc3c(c2)COc2cc4c(ccc5nc([C@@H]6CC[C@H](C)N6C(=O)[C@@H](NC(=O)OC)C6CCCCC6)[nH]c54)cc2-3)[nH]1)C(C)C. The summed E-state index contributed by atoms with van der Waals surface area (Å²) in [6.07, 6.45) is 8.83. The highest BCUT2D eigenvalue weighted by Gasteiger charge is 2.44. The van der Waals surface area contributed by atoms with Crippen molar-refractivity contribution in [2.75, 3.05) is 14.2 Å². The molecule has 0 unspecified atom stereocenters. The molecule has 63 heavy (non-hydrogen) atoms. The number of methoxy groups -OCH3 is 2. The van der Waals surface area contributed by atoms with Crippen molar-refractivity contribution in [2.24, 2.45) is 11.8 Å². The second-order valence-electron chi connectivity index (χ2n) is 18.2. The quantitative estimate of drug-likeness (QED) is 0.113. The van der Waals surface area contributed by atoms with Crippen LogP contribution in [-0.4, -0.2) is 92.1 Å². The number of ether oxygens (including phenoxy) is 3. The van der Waals surface area contributed by atoms with Crippen molar-refractivity contribution in [3.8, 4) is 28.1 Å². The Morgan fingerprint density at radius 1 is 0.778 bits per heavy atom. The first-order valence-electron chi connectivity index (χ1n) is 22.5. The molecule has 4 amide bonds. The van der Waals surface area contributed by atoms with E-state index in [1.165, 1.54) is 14.2 Å². The van der Waals surface area contributed by atoms with E-state index in [1.807, 2.05) is 42.8 Å². The molecule has 1 aliphatic carbocycles. The van der Waals surface area contributed by atoms with Gasteiger partial charge < -0.3 is 44.6 Å². The van der Waals surface area contributed by atoms with E-state index < -0.39 is 24.3 Å². The molecule has 3 aromatic carbocycles. The third kappa shape index (κ3) is 7.84. The molecule has 9 rings (SSSR count). The molecular weight excluding hydrogens is 801 g/mol. The Morgan fingerprint density at radius 3 is 2.19 bits per heavy atom. The first-order chi connectivity index (χ1) is 30.4. The highest BCUT2D eigenvalue weighted by atomic mass is 16.5. The average molecular weight is 859 g/mol. The van der Waals surface area contributed by atoms with Crippen molar-refractivity contribution in [1.29, 1.82) is 0 Å². The van der Waals surface area contributed by atoms with Crippen LogP contribution in [0.1, 0.15) is 115 Å². The molecule has 4 aliphatic rings. The lowest BCUT2D eigenvalue weighted by molar-refractivity contribution is -0.138. The van der Waals surface area contributed by atoms with Crippen LogP contribution < -0.4 is 15.4 Å². The Kier molecular flexibility index (Phi) is 11.5. The number of carbonyl (C=O) groups is 4. The van der Waals surface area contributed by atoms with Gasteiger partial charge in [0.05, 0.1) is 49.2 Å². The summed E-state index contributed by atoms with van der Waals surface area (Å²) in [7, 11) is 2.63. The molecular formula is C48H58N8O7. The predicted octanol–water partition coefficient (Wildman–Crippen LogP) is 8.46. The number of rotatable bonds is 9. The van der Waals surface area contributed by atoms with Crippen molar-refractivity contribution in [3.05, 3.63) is 65.9 Å². The number of nitrogens with one attached hydrogen (secondary N) is 4. The summed E-state index contributed by atoms with van der Waals surface area (Å²) in [5.41, 5.74) is 6.66. The lowest BCUT2D eigenvalue weighted by atomic mass is 9.83. The monoisotopic (exact) mass is 858 g/mol. The number of carbonyl (C=O) groups excluding carboxylic acids is 4. The molecule has 0 bridgehead atoms. The second kappa shape index (κ2) is 17.2. The number of aromatic amines is 2. The van der Waals surface area contributed by atoms with Gasteiger partial charge in [0.25, 0.3) is 0 Å². The third-order valence-corrected chi connectivity index (χ3v) is 14.0. The van der Waals surface area contributed by atoms with Gasteiger partial charge in [-0.3, -0.25) is 9.59 Å². The number of benzene rings is 3. The Labute approximate surface area is 367 Å². The molecule has 3 aliphatic heterocycles. The number of nitrogens with zero attached hydrogens (tertiary/aromatic N) is 4. The molecule has 3 fully saturated rings. The van der Waals surface area contributed by atoms with Gasteiger partial charge in [0.2, 0.25) is 11.8 Å². The van der Waals surface area contributed by atoms with Crippen LogP contribution in [0.4, 0.5) is 9.59 Å². The maximum Gasteiger partial charge on any atom is 0.407 e. The van der Waals surface area contributed by atoms with Gasteiger partial charge in [-0.1, -0.05) is 51.3 Å². The second-order valence-corrected chi connectivity index (χ2v) is 18.2. The normalized spacial score (nSPS) is 22.1. The third-order valence-electron chi connectivity index (χ3n) is 14.0. The van der Waals surface area contributed by atoms with Gasteiger partial charge in [-0.15, -0.1) is 0 Å². The van der Waals surface area contributed by atoms with Crippen molar-refractivity contribution in [1.82, 2.24) is 40.4 Å². The number of alkyl carbamates (subject to hydrolysis) is 2. The summed E-state index contributed by atoms with van der Waals surface area (Å²) < 4.78 is 16.2. The fourth-order valence-corrected chi connectivity index (χ4v) is 10.6. The van der Waals surface area contributed by atoms with E-state index in [0.717, 1.165) is 119 Å². The topological polar surface area (TPSA) is 184 Å². The summed E-state index contributed by atoms with van der Waals surface area (Å²) in [5, 5.41) is 7.66. The van der Waals surface area contributed by atoms with Crippen molar-refractivity contribution < 1.29 is 33.4 Å². The fraction of sp³-hybridized carbons (Fsp3) is 0.500. The minimum Gasteiger partial charge on any atom is -0.488 e. The van der Waals surface area contributed by atoms with E-state index in [0.29, 0.717) is 12.4 Å². The summed E-state index contributed by atoms with van der Waals surface area (Å²) in [4.78, 5) is 73.7. The van der Waals surface area contributed by atoms with Gasteiger partial charge in [0.15, 0.2) is 0 Å². The van der Waals surface area contributed by atoms with Gasteiger partial charge in [-0.25, -0.2) is 19.6 Å². The molecule has 5 heterocycles. The zero-order valence-electron chi connectivity index (χ0n) is 37.0. The summed E-state index contributed by atoms with van der Waals surface area (Å²) in [5.74, 6) is 1.96. The van der Waals surface area contributed by atoms with Crippen LogP contribution in [0.3, 0.4) is 0 Å². The largest absolute Gasteiger partial charge is 0.488 e. The highest BCUT2D eigenvalue weighted by Crippen LogP contribution is 2.44. The minimum absolute atomic E-state index is 0.00712. The first kappa shape index (κ1) is 42.2. The van der Waals surface area contributed by atoms with Gasteiger partial charge >= 0.3 is 12.2 Å². The van der Waals surface area contributed by atoms with Crippen LogP contribution in [0.15, 0.2) is 48.7 Å². The maximum absolute atomic E-state index is 14.4. The maximum atomic E-state index is 14.4. The van der Waals surface area contributed by atoms with E-state index >= 15 is 0 Å². The Morgan fingerprint density at radius 2 is 1.48 bits per heavy atom. The van der Waals surface area contributed by atoms with Crippen LogP contribution in [0.2, 0.25) is 0 Å². The van der Waals surface area contributed by atoms with Crippen LogP contribution in [0, 0.1) is 11.8 Å². The van der Waals surface area contributed by atoms with Gasteiger partial charge in [-0.05, 0) is 111 Å². The number of imidazole rings is 2. The molecule has 5 aromatic rings. The van der Waals surface area contributed by atoms with E-state index in [-0.39, 0.29) is 47.8 Å². The van der Waals surface area contributed by atoms with Crippen molar-refractivity contribution in [3.63, 3.8) is 0 Å². The molecule has 4 N–H and O–H groups in total. The average Bonchev–Trinajstić information content (AvgIpc) is 4.12. The number of aromatic nitrogens is 4. The summed E-state index contributed by atoms with van der Waals surface area (Å²) >= 11 is 0. The number of hydrogen-bond acceptors (Lipinski definition) is 9. The van der Waals surface area contributed by atoms with E-state index in [2.05, 4.69) is 63.9 Å². The molecule has 0 spiro atoms. The van der Waals surface area contributed by atoms with Crippen LogP contribution in [-0.2, 0) is 25.7 Å². The first-order valence-corrected chi connectivity index (χ1v) is 22.5. The number of H-pyrrole nitrogens is 2. The highest BCUT2D eigenvalue weighted by molar-refractivity contribution is 6.07. The zero-order chi connectivity index (χ0) is 44.1. The molecule has 15 nitrogen and oxygen atoms in total. The zero-order valence-corrected chi connectivity index (χ0v) is 37.0. The number of likely N-dealkylation sites (tertiary alicyclic amines) is 2. The van der Waals surface area contributed by atoms with Crippen LogP contribution in [0.25, 0.3) is 44.2 Å². The van der Waals surface area contributed by atoms with Gasteiger partial charge in [0, 0.05) is 23.0 Å². The lowest BCUT2D eigenvalue weighted by Crippen LogP contribution is -2.54. The molecule has 2 aromatic heterocycles. The lowest BCUT2D eigenvalue weighted by Gasteiger charge is -2.36. The number of hydrogen-bond donors (Lipinski definition) is 4. The smallest absolute Gasteiger partial charge is 0.407 e. The molecule has 0 radical (unpaired) electrons. The van der Waals surface area contributed by atoms with Crippen molar-refractivity contribution >= 4 is 45.8 Å². The molecule has 2 saturated heterocycles. The van der Waals surface area contributed by atoms with Crippen LogP contribution in [0.5, 0.6) is 5.75 Å². The number of amides is 4. The van der Waals surface area contributed by atoms with Crippen molar-refractivity contribution in [2.45, 2.75) is 128 Å². The van der Waals surface area contributed by atoms with E-state index in [4.69, 9.17) is 24.2 Å². The number of fused-ring (bicyclic) bond motifs is 6. The Hall–Kier alpha value is -6.12. The summed E-state index contributed by atoms with van der Waals surface area (Å²) in [6.45, 7) is 8.32. The molecule has 6 atom stereocenters. The standard InChI is InChI=1S/C48H58N8O7/c1-25(2)40(53-47(59)61-5)45(57)55-26(3)12-18-37(55)43-49-23-36(51-43)30-14-16-32-31(20-30)24-63-39-22-33-29(21-34(32)39)15-17-35-42(33)52-44(50-35)38-19-13-27(4)56(38)46(58)41(54-48(60)62-6)28-10-8-7-9-11-28/h14-17,20-23,25-28,37-38,40-41H,7-13,18-19,24H2,1-6H3,(H,49,51)(H,50,52)(H,53,59)(H,54,60)/t26-,27-,37-,38-,40-,41-/m0/s1. The molecule has 15 heteroatoms. The van der Waals surface area contributed by atoms with Crippen LogP contribution >= 0.6 is 0 Å². The fourth-order valence-electron chi connectivity index (χ4n) is 10.6. The molecule has 332 valence electrons. The Balaban J connectivity index is 0.964. The van der Waals surface area contributed by atoms with Gasteiger partial charge in [-0.2, -0.15) is 0 Å². The molecule has 1 saturated carbocycles. The van der Waals surface area contributed by atoms with E-state index in [1.54, 1.807) is 0 Å². The minimum atomic E-state index is -0.717.